The fourth-order valence-electron chi connectivity index (χ4n) is 2.50. The Hall–Kier alpha value is -1.06. The van der Waals surface area contributed by atoms with Gasteiger partial charge in [-0.05, 0) is 43.5 Å². The third kappa shape index (κ3) is 5.21. The summed E-state index contributed by atoms with van der Waals surface area (Å²) in [5, 5.41) is 3.43. The Labute approximate surface area is 116 Å². The average molecular weight is 263 g/mol. The van der Waals surface area contributed by atoms with E-state index < -0.39 is 0 Å². The summed E-state index contributed by atoms with van der Waals surface area (Å²) in [6, 6.07) is 8.27. The lowest BCUT2D eigenvalue weighted by Gasteiger charge is -2.11. The smallest absolute Gasteiger partial charge is 0.118 e. The summed E-state index contributed by atoms with van der Waals surface area (Å²) < 4.78 is 10.9. The first-order valence-corrected chi connectivity index (χ1v) is 7.34. The van der Waals surface area contributed by atoms with Gasteiger partial charge in [-0.2, -0.15) is 0 Å². The zero-order chi connectivity index (χ0) is 13.3. The Morgan fingerprint density at radius 2 is 1.84 bits per heavy atom. The van der Waals surface area contributed by atoms with E-state index in [1.54, 1.807) is 7.11 Å². The Morgan fingerprint density at radius 1 is 1.11 bits per heavy atom. The molecule has 2 rings (SSSR count). The lowest BCUT2D eigenvalue weighted by molar-refractivity contribution is 0.0605. The molecule has 0 unspecified atom stereocenters. The summed E-state index contributed by atoms with van der Waals surface area (Å²) in [6.45, 7) is 2.79. The standard InChI is InChI=1S/C16H25NO2/c1-18-15-8-6-14(7-9-15)10-11-17-12-13-19-16-4-2-3-5-16/h6-9,16-17H,2-5,10-13H2,1H3. The molecule has 1 aliphatic rings. The van der Waals surface area contributed by atoms with Crippen LogP contribution < -0.4 is 10.1 Å². The minimum atomic E-state index is 0.531. The third-order valence-corrected chi connectivity index (χ3v) is 3.68. The first-order valence-electron chi connectivity index (χ1n) is 7.34. The molecule has 1 fully saturated rings. The topological polar surface area (TPSA) is 30.5 Å². The van der Waals surface area contributed by atoms with Crippen LogP contribution in [0, 0.1) is 0 Å². The molecule has 1 aromatic rings. The Morgan fingerprint density at radius 3 is 2.53 bits per heavy atom. The number of rotatable bonds is 8. The lowest BCUT2D eigenvalue weighted by atomic mass is 10.1. The van der Waals surface area contributed by atoms with E-state index in [4.69, 9.17) is 9.47 Å². The van der Waals surface area contributed by atoms with Crippen molar-refractivity contribution in [1.82, 2.24) is 5.32 Å². The third-order valence-electron chi connectivity index (χ3n) is 3.68. The predicted molar refractivity (Wildman–Crippen MR) is 77.8 cm³/mol. The fraction of sp³-hybridized carbons (Fsp3) is 0.625. The number of hydrogen-bond acceptors (Lipinski definition) is 3. The summed E-state index contributed by atoms with van der Waals surface area (Å²) in [6.07, 6.45) is 6.78. The molecule has 0 radical (unpaired) electrons. The van der Waals surface area contributed by atoms with Crippen LogP contribution in [0.15, 0.2) is 24.3 Å². The zero-order valence-electron chi connectivity index (χ0n) is 11.9. The number of hydrogen-bond donors (Lipinski definition) is 1. The molecule has 3 nitrogen and oxygen atoms in total. The number of nitrogens with one attached hydrogen (secondary N) is 1. The SMILES string of the molecule is COc1ccc(CCNCCOC2CCCC2)cc1. The molecule has 0 heterocycles. The van der Waals surface area contributed by atoms with Crippen LogP contribution in [0.25, 0.3) is 0 Å². The van der Waals surface area contributed by atoms with E-state index in [1.807, 2.05) is 12.1 Å². The molecule has 0 amide bonds. The normalized spacial score (nSPS) is 15.8. The van der Waals surface area contributed by atoms with Crippen LogP contribution in [0.1, 0.15) is 31.2 Å². The molecule has 19 heavy (non-hydrogen) atoms. The molecule has 0 aromatic heterocycles. The van der Waals surface area contributed by atoms with Gasteiger partial charge in [0.15, 0.2) is 0 Å². The van der Waals surface area contributed by atoms with Crippen LogP contribution in [0.2, 0.25) is 0 Å². The highest BCUT2D eigenvalue weighted by Crippen LogP contribution is 2.20. The van der Waals surface area contributed by atoms with E-state index in [0.717, 1.165) is 31.9 Å². The van der Waals surface area contributed by atoms with Gasteiger partial charge in [0.1, 0.15) is 5.75 Å². The van der Waals surface area contributed by atoms with Crippen LogP contribution in [-0.4, -0.2) is 32.9 Å². The van der Waals surface area contributed by atoms with Crippen molar-refractivity contribution < 1.29 is 9.47 Å². The summed E-state index contributed by atoms with van der Waals surface area (Å²) in [7, 11) is 1.70. The molecule has 0 bridgehead atoms. The van der Waals surface area contributed by atoms with Gasteiger partial charge >= 0.3 is 0 Å². The van der Waals surface area contributed by atoms with E-state index in [9.17, 15) is 0 Å². The zero-order valence-corrected chi connectivity index (χ0v) is 11.9. The minimum absolute atomic E-state index is 0.531. The second-order valence-corrected chi connectivity index (χ2v) is 5.13. The van der Waals surface area contributed by atoms with Gasteiger partial charge in [-0.25, -0.2) is 0 Å². The van der Waals surface area contributed by atoms with Crippen LogP contribution in [-0.2, 0) is 11.2 Å². The molecular formula is C16H25NO2. The van der Waals surface area contributed by atoms with Crippen molar-refractivity contribution in [2.45, 2.75) is 38.2 Å². The van der Waals surface area contributed by atoms with Crippen molar-refractivity contribution in [1.29, 1.82) is 0 Å². The summed E-state index contributed by atoms with van der Waals surface area (Å²) in [4.78, 5) is 0. The van der Waals surface area contributed by atoms with Crippen LogP contribution >= 0.6 is 0 Å². The second-order valence-electron chi connectivity index (χ2n) is 5.13. The highest BCUT2D eigenvalue weighted by atomic mass is 16.5. The molecule has 1 aliphatic carbocycles. The molecule has 0 aliphatic heterocycles. The van der Waals surface area contributed by atoms with Crippen molar-refractivity contribution in [2.24, 2.45) is 0 Å². The quantitative estimate of drug-likeness (QED) is 0.732. The largest absolute Gasteiger partial charge is 0.497 e. The van der Waals surface area contributed by atoms with E-state index in [1.165, 1.54) is 31.2 Å². The molecule has 0 saturated heterocycles. The molecule has 0 atom stereocenters. The van der Waals surface area contributed by atoms with Crippen molar-refractivity contribution in [3.63, 3.8) is 0 Å². The highest BCUT2D eigenvalue weighted by Gasteiger charge is 2.14. The Balaban J connectivity index is 1.51. The molecule has 3 heteroatoms. The maximum Gasteiger partial charge on any atom is 0.118 e. The molecule has 1 N–H and O–H groups in total. The molecule has 0 spiro atoms. The van der Waals surface area contributed by atoms with Crippen molar-refractivity contribution in [3.8, 4) is 5.75 Å². The van der Waals surface area contributed by atoms with E-state index >= 15 is 0 Å². The van der Waals surface area contributed by atoms with E-state index in [2.05, 4.69) is 17.4 Å². The highest BCUT2D eigenvalue weighted by molar-refractivity contribution is 5.27. The first-order chi connectivity index (χ1) is 9.38. The maximum absolute atomic E-state index is 5.81. The monoisotopic (exact) mass is 263 g/mol. The maximum atomic E-state index is 5.81. The average Bonchev–Trinajstić information content (AvgIpc) is 2.96. The molecule has 106 valence electrons. The first kappa shape index (κ1) is 14.4. The summed E-state index contributed by atoms with van der Waals surface area (Å²) in [5.74, 6) is 0.918. The van der Waals surface area contributed by atoms with Gasteiger partial charge in [-0.3, -0.25) is 0 Å². The Bertz CT molecular complexity index is 344. The van der Waals surface area contributed by atoms with Gasteiger partial charge in [0.2, 0.25) is 0 Å². The summed E-state index contributed by atoms with van der Waals surface area (Å²) >= 11 is 0. The van der Waals surface area contributed by atoms with Gasteiger partial charge < -0.3 is 14.8 Å². The van der Waals surface area contributed by atoms with Gasteiger partial charge in [-0.1, -0.05) is 25.0 Å². The number of ether oxygens (including phenoxy) is 2. The van der Waals surface area contributed by atoms with Gasteiger partial charge in [-0.15, -0.1) is 0 Å². The Kier molecular flexibility index (Phi) is 6.18. The van der Waals surface area contributed by atoms with Crippen molar-refractivity contribution >= 4 is 0 Å². The van der Waals surface area contributed by atoms with Crippen molar-refractivity contribution in [3.05, 3.63) is 29.8 Å². The van der Waals surface area contributed by atoms with Crippen molar-refractivity contribution in [2.75, 3.05) is 26.8 Å². The molecular weight excluding hydrogens is 238 g/mol. The van der Waals surface area contributed by atoms with Crippen LogP contribution in [0.5, 0.6) is 5.75 Å². The van der Waals surface area contributed by atoms with Gasteiger partial charge in [0.05, 0.1) is 19.8 Å². The van der Waals surface area contributed by atoms with Crippen LogP contribution in [0.4, 0.5) is 0 Å². The van der Waals surface area contributed by atoms with E-state index in [-0.39, 0.29) is 0 Å². The minimum Gasteiger partial charge on any atom is -0.497 e. The van der Waals surface area contributed by atoms with Gasteiger partial charge in [0, 0.05) is 6.54 Å². The molecule has 1 aromatic carbocycles. The second kappa shape index (κ2) is 8.18. The van der Waals surface area contributed by atoms with E-state index in [0.29, 0.717) is 6.10 Å². The van der Waals surface area contributed by atoms with Gasteiger partial charge in [0.25, 0.3) is 0 Å². The van der Waals surface area contributed by atoms with Crippen LogP contribution in [0.3, 0.4) is 0 Å². The fourth-order valence-corrected chi connectivity index (χ4v) is 2.50. The molecule has 1 saturated carbocycles. The number of methoxy groups -OCH3 is 1. The predicted octanol–water partition coefficient (Wildman–Crippen LogP) is 2.79. The summed E-state index contributed by atoms with van der Waals surface area (Å²) in [5.41, 5.74) is 1.34. The number of benzene rings is 1. The lowest BCUT2D eigenvalue weighted by Crippen LogP contribution is -2.24.